The summed E-state index contributed by atoms with van der Waals surface area (Å²) in [6.45, 7) is 8.36. The van der Waals surface area contributed by atoms with Gasteiger partial charge in [-0.2, -0.15) is 0 Å². The number of benzene rings is 2. The summed E-state index contributed by atoms with van der Waals surface area (Å²) in [4.78, 5) is 0. The average Bonchev–Trinajstić information content (AvgIpc) is 2.33. The van der Waals surface area contributed by atoms with Crippen LogP contribution < -0.4 is 10.6 Å². The van der Waals surface area contributed by atoms with E-state index in [0.29, 0.717) is 5.11 Å². The van der Waals surface area contributed by atoms with E-state index in [1.807, 2.05) is 12.1 Å². The molecule has 0 spiro atoms. The Morgan fingerprint density at radius 1 is 0.850 bits per heavy atom. The summed E-state index contributed by atoms with van der Waals surface area (Å²) in [6, 6.07) is 12.5. The highest BCUT2D eigenvalue weighted by Crippen LogP contribution is 2.22. The second-order valence-corrected chi connectivity index (χ2v) is 5.63. The van der Waals surface area contributed by atoms with Crippen LogP contribution in [0.2, 0.25) is 0 Å². The topological polar surface area (TPSA) is 24.1 Å². The third-order valence-electron chi connectivity index (χ3n) is 3.19. The van der Waals surface area contributed by atoms with Gasteiger partial charge in [0.1, 0.15) is 0 Å². The SMILES string of the molecule is Cc1cccc(NC(=S)Nc2c(C)cc(C)cc2C)c1. The van der Waals surface area contributed by atoms with Gasteiger partial charge < -0.3 is 10.6 Å². The monoisotopic (exact) mass is 284 g/mol. The third-order valence-corrected chi connectivity index (χ3v) is 3.40. The quantitative estimate of drug-likeness (QED) is 0.780. The summed E-state index contributed by atoms with van der Waals surface area (Å²) in [5.41, 5.74) is 6.97. The Morgan fingerprint density at radius 2 is 1.50 bits per heavy atom. The molecule has 2 rings (SSSR count). The lowest BCUT2D eigenvalue weighted by Gasteiger charge is -2.16. The van der Waals surface area contributed by atoms with Gasteiger partial charge >= 0.3 is 0 Å². The average molecular weight is 284 g/mol. The largest absolute Gasteiger partial charge is 0.332 e. The van der Waals surface area contributed by atoms with E-state index in [2.05, 4.69) is 62.6 Å². The van der Waals surface area contributed by atoms with Gasteiger partial charge in [-0.05, 0) is 68.7 Å². The van der Waals surface area contributed by atoms with Crippen molar-refractivity contribution in [3.8, 4) is 0 Å². The van der Waals surface area contributed by atoms with Gasteiger partial charge in [0.15, 0.2) is 5.11 Å². The van der Waals surface area contributed by atoms with Gasteiger partial charge in [0.25, 0.3) is 0 Å². The maximum absolute atomic E-state index is 5.39. The lowest BCUT2D eigenvalue weighted by molar-refractivity contribution is 1.32. The van der Waals surface area contributed by atoms with E-state index in [1.165, 1.54) is 22.3 Å². The van der Waals surface area contributed by atoms with E-state index in [1.54, 1.807) is 0 Å². The molecule has 2 aromatic rings. The van der Waals surface area contributed by atoms with Crippen LogP contribution in [0.4, 0.5) is 11.4 Å². The molecule has 0 unspecified atom stereocenters. The van der Waals surface area contributed by atoms with Crippen molar-refractivity contribution in [3.63, 3.8) is 0 Å². The van der Waals surface area contributed by atoms with Crippen LogP contribution in [0.5, 0.6) is 0 Å². The molecule has 0 aromatic heterocycles. The maximum Gasteiger partial charge on any atom is 0.175 e. The Morgan fingerprint density at radius 3 is 2.10 bits per heavy atom. The van der Waals surface area contributed by atoms with Crippen molar-refractivity contribution in [2.45, 2.75) is 27.7 Å². The third kappa shape index (κ3) is 3.58. The van der Waals surface area contributed by atoms with Gasteiger partial charge in [-0.1, -0.05) is 29.8 Å². The molecule has 3 heteroatoms. The molecule has 0 amide bonds. The fraction of sp³-hybridized carbons (Fsp3) is 0.235. The number of thiocarbonyl (C=S) groups is 1. The first-order valence-corrected chi connectivity index (χ1v) is 7.09. The Kier molecular flexibility index (Phi) is 4.40. The highest BCUT2D eigenvalue weighted by atomic mass is 32.1. The molecule has 0 radical (unpaired) electrons. The van der Waals surface area contributed by atoms with Crippen LogP contribution in [0.15, 0.2) is 36.4 Å². The summed E-state index contributed by atoms with van der Waals surface area (Å²) >= 11 is 5.39. The molecule has 20 heavy (non-hydrogen) atoms. The molecule has 0 saturated carbocycles. The Balaban J connectivity index is 2.13. The molecule has 0 fully saturated rings. The summed E-state index contributed by atoms with van der Waals surface area (Å²) in [5, 5.41) is 7.13. The van der Waals surface area contributed by atoms with Crippen molar-refractivity contribution in [2.75, 3.05) is 10.6 Å². The molecule has 0 atom stereocenters. The highest BCUT2D eigenvalue weighted by Gasteiger charge is 2.06. The van der Waals surface area contributed by atoms with Crippen molar-refractivity contribution in [1.29, 1.82) is 0 Å². The predicted molar refractivity (Wildman–Crippen MR) is 91.7 cm³/mol. The van der Waals surface area contributed by atoms with E-state index in [-0.39, 0.29) is 0 Å². The second-order valence-electron chi connectivity index (χ2n) is 5.22. The Hall–Kier alpha value is -1.87. The molecule has 0 aliphatic heterocycles. The zero-order valence-corrected chi connectivity index (χ0v) is 13.2. The van der Waals surface area contributed by atoms with Gasteiger partial charge in [0, 0.05) is 11.4 Å². The fourth-order valence-corrected chi connectivity index (χ4v) is 2.60. The minimum absolute atomic E-state index is 0.616. The molecule has 0 aliphatic rings. The number of aryl methyl sites for hydroxylation is 4. The first kappa shape index (κ1) is 14.5. The molecular formula is C17H20N2S. The van der Waals surface area contributed by atoms with Crippen LogP contribution in [0.3, 0.4) is 0 Å². The van der Waals surface area contributed by atoms with Crippen molar-refractivity contribution in [2.24, 2.45) is 0 Å². The highest BCUT2D eigenvalue weighted by molar-refractivity contribution is 7.80. The minimum Gasteiger partial charge on any atom is -0.332 e. The molecule has 104 valence electrons. The van der Waals surface area contributed by atoms with Crippen LogP contribution in [0.1, 0.15) is 22.3 Å². The zero-order valence-electron chi connectivity index (χ0n) is 12.4. The summed E-state index contributed by atoms with van der Waals surface area (Å²) < 4.78 is 0. The van der Waals surface area contributed by atoms with Crippen molar-refractivity contribution in [1.82, 2.24) is 0 Å². The van der Waals surface area contributed by atoms with Crippen LogP contribution >= 0.6 is 12.2 Å². The van der Waals surface area contributed by atoms with E-state index >= 15 is 0 Å². The fourth-order valence-electron chi connectivity index (χ4n) is 2.38. The van der Waals surface area contributed by atoms with E-state index in [4.69, 9.17) is 12.2 Å². The maximum atomic E-state index is 5.39. The van der Waals surface area contributed by atoms with Crippen LogP contribution in [0.25, 0.3) is 0 Å². The summed E-state index contributed by atoms with van der Waals surface area (Å²) in [5.74, 6) is 0. The van der Waals surface area contributed by atoms with Gasteiger partial charge in [-0.25, -0.2) is 0 Å². The van der Waals surface area contributed by atoms with Crippen molar-refractivity contribution >= 4 is 28.7 Å². The molecule has 0 heterocycles. The van der Waals surface area contributed by atoms with E-state index in [9.17, 15) is 0 Å². The second kappa shape index (κ2) is 6.06. The first-order valence-electron chi connectivity index (χ1n) is 6.68. The number of anilines is 2. The number of rotatable bonds is 2. The first-order chi connectivity index (χ1) is 9.45. The lowest BCUT2D eigenvalue weighted by Crippen LogP contribution is -2.20. The lowest BCUT2D eigenvalue weighted by atomic mass is 10.1. The normalized spacial score (nSPS) is 10.2. The van der Waals surface area contributed by atoms with Gasteiger partial charge in [-0.3, -0.25) is 0 Å². The predicted octanol–water partition coefficient (Wildman–Crippen LogP) is 4.73. The zero-order chi connectivity index (χ0) is 14.7. The minimum atomic E-state index is 0.616. The molecular weight excluding hydrogens is 264 g/mol. The van der Waals surface area contributed by atoms with E-state index in [0.717, 1.165) is 11.4 Å². The Bertz CT molecular complexity index is 624. The van der Waals surface area contributed by atoms with Gasteiger partial charge in [0.2, 0.25) is 0 Å². The van der Waals surface area contributed by atoms with Crippen LogP contribution in [-0.4, -0.2) is 5.11 Å². The van der Waals surface area contributed by atoms with Gasteiger partial charge in [0.05, 0.1) is 0 Å². The molecule has 0 saturated heterocycles. The van der Waals surface area contributed by atoms with E-state index < -0.39 is 0 Å². The molecule has 2 aromatic carbocycles. The van der Waals surface area contributed by atoms with Crippen LogP contribution in [0, 0.1) is 27.7 Å². The standard InChI is InChI=1S/C17H20N2S/c1-11-6-5-7-15(10-11)18-17(20)19-16-13(3)8-12(2)9-14(16)4/h5-10H,1-4H3,(H2,18,19,20). The summed E-state index contributed by atoms with van der Waals surface area (Å²) in [6.07, 6.45) is 0. The van der Waals surface area contributed by atoms with Gasteiger partial charge in [-0.15, -0.1) is 0 Å². The smallest absolute Gasteiger partial charge is 0.175 e. The molecule has 2 nitrogen and oxygen atoms in total. The number of nitrogens with one attached hydrogen (secondary N) is 2. The number of hydrogen-bond acceptors (Lipinski definition) is 1. The molecule has 0 bridgehead atoms. The summed E-state index contributed by atoms with van der Waals surface area (Å²) in [7, 11) is 0. The number of hydrogen-bond donors (Lipinski definition) is 2. The van der Waals surface area contributed by atoms with Crippen molar-refractivity contribution in [3.05, 3.63) is 58.7 Å². The van der Waals surface area contributed by atoms with Crippen molar-refractivity contribution < 1.29 is 0 Å². The Labute approximate surface area is 126 Å². The van der Waals surface area contributed by atoms with Crippen LogP contribution in [-0.2, 0) is 0 Å². The molecule has 2 N–H and O–H groups in total. The molecule has 0 aliphatic carbocycles.